The number of aryl methyl sites for hydroxylation is 1. The van der Waals surface area contributed by atoms with E-state index in [-0.39, 0.29) is 18.4 Å². The van der Waals surface area contributed by atoms with E-state index in [2.05, 4.69) is 5.32 Å². The number of piperidine rings is 1. The van der Waals surface area contributed by atoms with Gasteiger partial charge in [-0.3, -0.25) is 4.79 Å². The molecule has 1 fully saturated rings. The highest BCUT2D eigenvalue weighted by molar-refractivity contribution is 7.88. The third-order valence-corrected chi connectivity index (χ3v) is 5.61. The van der Waals surface area contributed by atoms with Gasteiger partial charge in [0.2, 0.25) is 15.9 Å². The fraction of sp³-hybridized carbons (Fsp3) is 0.588. The zero-order valence-corrected chi connectivity index (χ0v) is 15.1. The molecule has 0 saturated carbocycles. The third kappa shape index (κ3) is 5.21. The van der Waals surface area contributed by atoms with Crippen LogP contribution in [-0.4, -0.2) is 51.6 Å². The van der Waals surface area contributed by atoms with Crippen molar-refractivity contribution in [1.29, 1.82) is 0 Å². The van der Waals surface area contributed by atoms with Crippen molar-refractivity contribution in [1.82, 2.24) is 9.62 Å². The van der Waals surface area contributed by atoms with E-state index in [9.17, 15) is 13.2 Å². The Labute approximate surface area is 144 Å². The summed E-state index contributed by atoms with van der Waals surface area (Å²) in [5.74, 6) is 0.558. The largest absolute Gasteiger partial charge is 0.496 e. The number of sulfonamides is 1. The van der Waals surface area contributed by atoms with Gasteiger partial charge in [-0.2, -0.15) is 0 Å². The number of hydrogen-bond acceptors (Lipinski definition) is 4. The Balaban J connectivity index is 1.77. The van der Waals surface area contributed by atoms with Crippen molar-refractivity contribution < 1.29 is 17.9 Å². The number of carbonyl (C=O) groups excluding carboxylic acids is 1. The maximum Gasteiger partial charge on any atom is 0.224 e. The molecule has 0 aromatic heterocycles. The van der Waals surface area contributed by atoms with Crippen LogP contribution >= 0.6 is 0 Å². The molecular formula is C17H26N2O4S. The Hall–Kier alpha value is -1.60. The first kappa shape index (κ1) is 18.7. The minimum atomic E-state index is -3.22. The number of benzene rings is 1. The highest BCUT2D eigenvalue weighted by atomic mass is 32.2. The van der Waals surface area contributed by atoms with Gasteiger partial charge in [0, 0.05) is 19.6 Å². The summed E-state index contributed by atoms with van der Waals surface area (Å²) in [5, 5.41) is 2.93. The van der Waals surface area contributed by atoms with Crippen LogP contribution in [0.2, 0.25) is 0 Å². The average molecular weight is 354 g/mol. The number of rotatable bonds is 7. The molecule has 1 aromatic carbocycles. The van der Waals surface area contributed by atoms with E-state index in [4.69, 9.17) is 4.74 Å². The van der Waals surface area contributed by atoms with E-state index < -0.39 is 10.0 Å². The standard InChI is InChI=1S/C17H26N2O4S/c1-23-16-10-4-3-7-14(16)8-5-11-18-17(20)15-9-6-12-19(13-15)24(2,21)22/h3-4,7,10,15H,5-6,8-9,11-13H2,1-2H3,(H,18,20)/t15-/m1/s1. The second-order valence-electron chi connectivity index (χ2n) is 6.17. The van der Waals surface area contributed by atoms with Crippen LogP contribution < -0.4 is 10.1 Å². The lowest BCUT2D eigenvalue weighted by Gasteiger charge is -2.30. The molecule has 7 heteroatoms. The number of carbonyl (C=O) groups is 1. The molecule has 1 heterocycles. The van der Waals surface area contributed by atoms with E-state index in [0.29, 0.717) is 13.1 Å². The molecule has 0 radical (unpaired) electrons. The molecule has 1 atom stereocenters. The molecule has 1 amide bonds. The Morgan fingerprint density at radius 3 is 2.83 bits per heavy atom. The lowest BCUT2D eigenvalue weighted by Crippen LogP contribution is -2.45. The highest BCUT2D eigenvalue weighted by Crippen LogP contribution is 2.20. The molecule has 1 aliphatic heterocycles. The molecule has 0 unspecified atom stereocenters. The molecule has 134 valence electrons. The molecule has 24 heavy (non-hydrogen) atoms. The zero-order chi connectivity index (χ0) is 17.6. The Morgan fingerprint density at radius 1 is 1.38 bits per heavy atom. The van der Waals surface area contributed by atoms with Crippen molar-refractivity contribution in [2.75, 3.05) is 33.0 Å². The first-order chi connectivity index (χ1) is 11.4. The summed E-state index contributed by atoms with van der Waals surface area (Å²) in [6.45, 7) is 1.37. The SMILES string of the molecule is COc1ccccc1CCCNC(=O)[C@@H]1CCCN(S(C)(=O)=O)C1. The maximum absolute atomic E-state index is 12.2. The van der Waals surface area contributed by atoms with Crippen LogP contribution in [0.1, 0.15) is 24.8 Å². The lowest BCUT2D eigenvalue weighted by atomic mass is 9.99. The second-order valence-corrected chi connectivity index (χ2v) is 8.15. The molecule has 0 spiro atoms. The van der Waals surface area contributed by atoms with Crippen LogP contribution in [0, 0.1) is 5.92 Å². The predicted molar refractivity (Wildman–Crippen MR) is 93.5 cm³/mol. The Kier molecular flexibility index (Phi) is 6.62. The van der Waals surface area contributed by atoms with Gasteiger partial charge >= 0.3 is 0 Å². The number of amides is 1. The summed E-state index contributed by atoms with van der Waals surface area (Å²) in [4.78, 5) is 12.2. The summed E-state index contributed by atoms with van der Waals surface area (Å²) in [7, 11) is -1.57. The average Bonchev–Trinajstić information content (AvgIpc) is 2.58. The smallest absolute Gasteiger partial charge is 0.224 e. The lowest BCUT2D eigenvalue weighted by molar-refractivity contribution is -0.126. The fourth-order valence-corrected chi connectivity index (χ4v) is 3.91. The van der Waals surface area contributed by atoms with Gasteiger partial charge in [0.15, 0.2) is 0 Å². The molecule has 0 aliphatic carbocycles. The topological polar surface area (TPSA) is 75.7 Å². The molecule has 1 aromatic rings. The molecule has 1 aliphatic rings. The van der Waals surface area contributed by atoms with Crippen molar-refractivity contribution in [3.8, 4) is 5.75 Å². The van der Waals surface area contributed by atoms with E-state index in [0.717, 1.165) is 37.0 Å². The van der Waals surface area contributed by atoms with Gasteiger partial charge in [-0.15, -0.1) is 0 Å². The van der Waals surface area contributed by atoms with E-state index >= 15 is 0 Å². The first-order valence-electron chi connectivity index (χ1n) is 8.26. The van der Waals surface area contributed by atoms with Gasteiger partial charge in [0.1, 0.15) is 5.75 Å². The van der Waals surface area contributed by atoms with E-state index in [1.165, 1.54) is 10.6 Å². The minimum Gasteiger partial charge on any atom is -0.496 e. The number of nitrogens with one attached hydrogen (secondary N) is 1. The van der Waals surface area contributed by atoms with Gasteiger partial charge in [0.05, 0.1) is 19.3 Å². The molecule has 2 rings (SSSR count). The summed E-state index contributed by atoms with van der Waals surface area (Å²) in [5.41, 5.74) is 1.12. The normalized spacial score (nSPS) is 19.0. The summed E-state index contributed by atoms with van der Waals surface area (Å²) >= 11 is 0. The Bertz CT molecular complexity index is 660. The monoisotopic (exact) mass is 354 g/mol. The van der Waals surface area contributed by atoms with Crippen molar-refractivity contribution in [3.63, 3.8) is 0 Å². The van der Waals surface area contributed by atoms with E-state index in [1.807, 2.05) is 24.3 Å². The van der Waals surface area contributed by atoms with Crippen molar-refractivity contribution in [3.05, 3.63) is 29.8 Å². The minimum absolute atomic E-state index is 0.0524. The number of para-hydroxylation sites is 1. The van der Waals surface area contributed by atoms with Gasteiger partial charge in [-0.1, -0.05) is 18.2 Å². The Morgan fingerprint density at radius 2 is 2.12 bits per heavy atom. The van der Waals surface area contributed by atoms with Crippen LogP contribution in [0.15, 0.2) is 24.3 Å². The van der Waals surface area contributed by atoms with Crippen LogP contribution in [0.25, 0.3) is 0 Å². The summed E-state index contributed by atoms with van der Waals surface area (Å²) < 4.78 is 29.9. The van der Waals surface area contributed by atoms with Crippen molar-refractivity contribution >= 4 is 15.9 Å². The molecule has 1 saturated heterocycles. The zero-order valence-electron chi connectivity index (χ0n) is 14.3. The molecule has 1 N–H and O–H groups in total. The van der Waals surface area contributed by atoms with Crippen LogP contribution in [-0.2, 0) is 21.2 Å². The number of methoxy groups -OCH3 is 1. The quantitative estimate of drug-likeness (QED) is 0.752. The van der Waals surface area contributed by atoms with Gasteiger partial charge in [-0.05, 0) is 37.3 Å². The molecule has 6 nitrogen and oxygen atoms in total. The highest BCUT2D eigenvalue weighted by Gasteiger charge is 2.29. The summed E-state index contributed by atoms with van der Waals surface area (Å²) in [6.07, 6.45) is 4.30. The third-order valence-electron chi connectivity index (χ3n) is 4.34. The van der Waals surface area contributed by atoms with Crippen LogP contribution in [0.3, 0.4) is 0 Å². The van der Waals surface area contributed by atoms with Crippen molar-refractivity contribution in [2.24, 2.45) is 5.92 Å². The van der Waals surface area contributed by atoms with Crippen LogP contribution in [0.5, 0.6) is 5.75 Å². The number of nitrogens with zero attached hydrogens (tertiary/aromatic N) is 1. The number of ether oxygens (including phenoxy) is 1. The first-order valence-corrected chi connectivity index (χ1v) is 10.1. The van der Waals surface area contributed by atoms with Crippen molar-refractivity contribution in [2.45, 2.75) is 25.7 Å². The fourth-order valence-electron chi connectivity index (χ4n) is 3.00. The molecular weight excluding hydrogens is 328 g/mol. The maximum atomic E-state index is 12.2. The second kappa shape index (κ2) is 8.48. The van der Waals surface area contributed by atoms with Crippen LogP contribution in [0.4, 0.5) is 0 Å². The summed E-state index contributed by atoms with van der Waals surface area (Å²) in [6, 6.07) is 7.85. The number of hydrogen-bond donors (Lipinski definition) is 1. The predicted octanol–water partition coefficient (Wildman–Crippen LogP) is 1.42. The van der Waals surface area contributed by atoms with Gasteiger partial charge in [-0.25, -0.2) is 12.7 Å². The van der Waals surface area contributed by atoms with Gasteiger partial charge in [0.25, 0.3) is 0 Å². The molecule has 0 bridgehead atoms. The van der Waals surface area contributed by atoms with Gasteiger partial charge < -0.3 is 10.1 Å². The van der Waals surface area contributed by atoms with E-state index in [1.54, 1.807) is 7.11 Å².